The van der Waals surface area contributed by atoms with Crippen LogP contribution in [0.4, 0.5) is 17.1 Å². The molecule has 0 N–H and O–H groups in total. The van der Waals surface area contributed by atoms with Gasteiger partial charge in [0.25, 0.3) is 0 Å². The predicted octanol–water partition coefficient (Wildman–Crippen LogP) is 13.7. The lowest BCUT2D eigenvalue weighted by Crippen LogP contribution is -2.11. The van der Waals surface area contributed by atoms with E-state index in [9.17, 15) is 0 Å². The lowest BCUT2D eigenvalue weighted by molar-refractivity contribution is 0.669. The fraction of sp³-hybridized carbons (Fsp3) is 0. The highest BCUT2D eigenvalue weighted by molar-refractivity contribution is 7.26. The van der Waals surface area contributed by atoms with E-state index in [-0.39, 0.29) is 0 Å². The van der Waals surface area contributed by atoms with Crippen LogP contribution in [-0.4, -0.2) is 4.57 Å². The van der Waals surface area contributed by atoms with E-state index < -0.39 is 0 Å². The van der Waals surface area contributed by atoms with Crippen LogP contribution in [0.5, 0.6) is 0 Å². The van der Waals surface area contributed by atoms with Gasteiger partial charge in [-0.15, -0.1) is 11.3 Å². The normalized spacial score (nSPS) is 12.0. The van der Waals surface area contributed by atoms with Crippen LogP contribution in [0.25, 0.3) is 80.4 Å². The van der Waals surface area contributed by atoms with Gasteiger partial charge in [-0.3, -0.25) is 0 Å². The van der Waals surface area contributed by atoms with E-state index in [1.54, 1.807) is 0 Å². The Bertz CT molecular complexity index is 3110. The van der Waals surface area contributed by atoms with Crippen molar-refractivity contribution in [1.82, 2.24) is 4.57 Å². The number of furan rings is 1. The van der Waals surface area contributed by atoms with Crippen molar-refractivity contribution in [2.75, 3.05) is 4.90 Å². The average molecular weight is 657 g/mol. The number of thiophene rings is 1. The third-order valence-electron chi connectivity index (χ3n) is 10.2. The van der Waals surface area contributed by atoms with Gasteiger partial charge in [-0.2, -0.15) is 0 Å². The molecule has 8 aromatic carbocycles. The lowest BCUT2D eigenvalue weighted by atomic mass is 10.0. The Labute approximate surface area is 291 Å². The molecule has 3 heterocycles. The first-order chi connectivity index (χ1) is 24.8. The van der Waals surface area contributed by atoms with Crippen LogP contribution >= 0.6 is 11.3 Å². The van der Waals surface area contributed by atoms with E-state index in [1.807, 2.05) is 17.4 Å². The van der Waals surface area contributed by atoms with E-state index in [2.05, 4.69) is 173 Å². The summed E-state index contributed by atoms with van der Waals surface area (Å²) < 4.78 is 11.7. The Morgan fingerprint density at radius 2 is 1.12 bits per heavy atom. The van der Waals surface area contributed by atoms with Gasteiger partial charge in [0, 0.05) is 58.5 Å². The minimum Gasteiger partial charge on any atom is -0.454 e. The Morgan fingerprint density at radius 1 is 0.440 bits per heavy atom. The van der Waals surface area contributed by atoms with Crippen molar-refractivity contribution < 1.29 is 4.42 Å². The zero-order valence-corrected chi connectivity index (χ0v) is 27.7. The standard InChI is InChI=1S/C46H28N2OS/c1-2-13-29(14-3-1)47-38-21-9-6-16-32(38)37-27-30(25-26-39(37)47)48(40-22-12-20-35-33-17-7-10-23-42(33)49-46(35)40)41-28-44-45(34-18-5-4-15-31(34)41)36-19-8-11-24-43(36)50-44/h1-28H. The van der Waals surface area contributed by atoms with Crippen LogP contribution in [0.15, 0.2) is 174 Å². The van der Waals surface area contributed by atoms with E-state index in [1.165, 1.54) is 52.8 Å². The minimum atomic E-state index is 0.876. The van der Waals surface area contributed by atoms with Crippen LogP contribution in [-0.2, 0) is 0 Å². The lowest BCUT2D eigenvalue weighted by Gasteiger charge is -2.27. The molecule has 0 bridgehead atoms. The van der Waals surface area contributed by atoms with Gasteiger partial charge < -0.3 is 13.9 Å². The Hall–Kier alpha value is -6.36. The highest BCUT2D eigenvalue weighted by Gasteiger charge is 2.24. The highest BCUT2D eigenvalue weighted by Crippen LogP contribution is 2.49. The number of benzene rings is 8. The second-order valence-corrected chi connectivity index (χ2v) is 14.0. The fourth-order valence-electron chi connectivity index (χ4n) is 8.03. The summed E-state index contributed by atoms with van der Waals surface area (Å²) in [5, 5.41) is 9.72. The van der Waals surface area contributed by atoms with E-state index >= 15 is 0 Å². The number of rotatable bonds is 4. The molecule has 0 amide bonds. The first kappa shape index (κ1) is 27.6. The number of nitrogens with zero attached hydrogens (tertiary/aromatic N) is 2. The van der Waals surface area contributed by atoms with Gasteiger partial charge in [-0.25, -0.2) is 0 Å². The van der Waals surface area contributed by atoms with E-state index in [0.29, 0.717) is 0 Å². The number of anilines is 3. The molecule has 0 radical (unpaired) electrons. The van der Waals surface area contributed by atoms with Crippen LogP contribution in [0.1, 0.15) is 0 Å². The van der Waals surface area contributed by atoms with E-state index in [4.69, 9.17) is 4.42 Å². The topological polar surface area (TPSA) is 21.3 Å². The number of hydrogen-bond acceptors (Lipinski definition) is 3. The highest BCUT2D eigenvalue weighted by atomic mass is 32.1. The summed E-state index contributed by atoms with van der Waals surface area (Å²) in [5.41, 5.74) is 8.49. The maximum atomic E-state index is 6.73. The summed E-state index contributed by atoms with van der Waals surface area (Å²) in [6.45, 7) is 0. The van der Waals surface area contributed by atoms with Crippen molar-refractivity contribution in [3.63, 3.8) is 0 Å². The molecular formula is C46H28N2OS. The van der Waals surface area contributed by atoms with Crippen molar-refractivity contribution in [2.45, 2.75) is 0 Å². The second-order valence-electron chi connectivity index (χ2n) is 12.9. The molecule has 3 nitrogen and oxygen atoms in total. The summed E-state index contributed by atoms with van der Waals surface area (Å²) >= 11 is 1.86. The first-order valence-corrected chi connectivity index (χ1v) is 17.8. The Balaban J connectivity index is 1.26. The molecule has 11 aromatic rings. The number of aromatic nitrogens is 1. The average Bonchev–Trinajstić information content (AvgIpc) is 3.85. The molecule has 11 rings (SSSR count). The predicted molar refractivity (Wildman–Crippen MR) is 213 cm³/mol. The van der Waals surface area contributed by atoms with Gasteiger partial charge in [-0.1, -0.05) is 109 Å². The molecule has 4 heteroatoms. The molecule has 0 saturated heterocycles. The summed E-state index contributed by atoms with van der Waals surface area (Å²) in [6.07, 6.45) is 0. The van der Waals surface area contributed by atoms with Gasteiger partial charge in [-0.05, 0) is 66.0 Å². The van der Waals surface area contributed by atoms with Crippen LogP contribution in [0, 0.1) is 0 Å². The number of hydrogen-bond donors (Lipinski definition) is 0. The van der Waals surface area contributed by atoms with Gasteiger partial charge in [0.1, 0.15) is 5.58 Å². The third kappa shape index (κ3) is 3.91. The zero-order chi connectivity index (χ0) is 32.8. The maximum absolute atomic E-state index is 6.73. The minimum absolute atomic E-state index is 0.876. The maximum Gasteiger partial charge on any atom is 0.159 e. The molecule has 0 atom stereocenters. The van der Waals surface area contributed by atoms with Crippen molar-refractivity contribution in [1.29, 1.82) is 0 Å². The molecule has 0 unspecified atom stereocenters. The number of fused-ring (bicyclic) bond motifs is 11. The van der Waals surface area contributed by atoms with Crippen molar-refractivity contribution >= 4 is 103 Å². The quantitative estimate of drug-likeness (QED) is 0.188. The van der Waals surface area contributed by atoms with Gasteiger partial charge in [0.2, 0.25) is 0 Å². The van der Waals surface area contributed by atoms with Crippen LogP contribution in [0.2, 0.25) is 0 Å². The molecule has 0 fully saturated rings. The van der Waals surface area contributed by atoms with Gasteiger partial charge in [0.15, 0.2) is 5.58 Å². The molecule has 0 aliphatic carbocycles. The molecule has 234 valence electrons. The SMILES string of the molecule is c1ccc(-n2c3ccccc3c3cc(N(c4cc5sc6ccccc6c5c5ccccc45)c4cccc5c4oc4ccccc45)ccc32)cc1. The smallest absolute Gasteiger partial charge is 0.159 e. The van der Waals surface area contributed by atoms with Crippen molar-refractivity contribution in [3.8, 4) is 5.69 Å². The van der Waals surface area contributed by atoms with Gasteiger partial charge >= 0.3 is 0 Å². The first-order valence-electron chi connectivity index (χ1n) is 16.9. The second kappa shape index (κ2) is 10.6. The molecule has 50 heavy (non-hydrogen) atoms. The molecule has 0 saturated carbocycles. The third-order valence-corrected chi connectivity index (χ3v) is 11.3. The van der Waals surface area contributed by atoms with Crippen molar-refractivity contribution in [2.24, 2.45) is 0 Å². The zero-order valence-electron chi connectivity index (χ0n) is 26.9. The number of para-hydroxylation sites is 4. The Kier molecular flexibility index (Phi) is 5.83. The van der Waals surface area contributed by atoms with Gasteiger partial charge in [0.05, 0.1) is 22.4 Å². The molecule has 0 aliphatic heterocycles. The van der Waals surface area contributed by atoms with Crippen LogP contribution < -0.4 is 4.90 Å². The summed E-state index contributed by atoms with van der Waals surface area (Å²) in [4.78, 5) is 2.42. The van der Waals surface area contributed by atoms with E-state index in [0.717, 1.165) is 44.7 Å². The Morgan fingerprint density at radius 3 is 2.00 bits per heavy atom. The fourth-order valence-corrected chi connectivity index (χ4v) is 9.18. The molecule has 0 aliphatic rings. The summed E-state index contributed by atoms with van der Waals surface area (Å²) in [6, 6.07) is 61.2. The summed E-state index contributed by atoms with van der Waals surface area (Å²) in [5.74, 6) is 0. The van der Waals surface area contributed by atoms with Crippen LogP contribution in [0.3, 0.4) is 0 Å². The largest absolute Gasteiger partial charge is 0.454 e. The summed E-state index contributed by atoms with van der Waals surface area (Å²) in [7, 11) is 0. The molecule has 3 aromatic heterocycles. The van der Waals surface area contributed by atoms with Crippen molar-refractivity contribution in [3.05, 3.63) is 170 Å². The molecule has 0 spiro atoms. The molecular weight excluding hydrogens is 629 g/mol. The monoisotopic (exact) mass is 656 g/mol.